The maximum atomic E-state index is 12.9. The quantitative estimate of drug-likeness (QED) is 0.918. The van der Waals surface area contributed by atoms with E-state index < -0.39 is 0 Å². The summed E-state index contributed by atoms with van der Waals surface area (Å²) in [6.45, 7) is 0.263. The van der Waals surface area contributed by atoms with Crippen molar-refractivity contribution in [1.82, 2.24) is 15.2 Å². The van der Waals surface area contributed by atoms with Gasteiger partial charge in [-0.05, 0) is 24.3 Å². The molecule has 0 aliphatic heterocycles. The molecule has 0 aliphatic rings. The van der Waals surface area contributed by atoms with Gasteiger partial charge in [0.2, 0.25) is 5.91 Å². The summed E-state index contributed by atoms with van der Waals surface area (Å²) in [5.41, 5.74) is 1.05. The number of thiazole rings is 1. The van der Waals surface area contributed by atoms with Crippen LogP contribution in [0.25, 0.3) is 10.6 Å². The number of carbonyl (C=O) groups is 2. The van der Waals surface area contributed by atoms with E-state index in [1.165, 1.54) is 28.4 Å². The lowest BCUT2D eigenvalue weighted by Crippen LogP contribution is -2.30. The molecule has 2 rings (SSSR count). The molecule has 0 unspecified atom stereocenters. The number of carbonyl (C=O) groups excluding carboxylic acids is 2. The number of aromatic nitrogens is 1. The minimum absolute atomic E-state index is 0.0504. The van der Waals surface area contributed by atoms with Gasteiger partial charge < -0.3 is 10.2 Å². The SMILES string of the molecule is CN(C)C(=O)CCNC(=O)c1csc(-c2ccc(F)cc2)n1. The second kappa shape index (κ2) is 7.13. The molecule has 0 radical (unpaired) electrons. The molecule has 2 amide bonds. The number of rotatable bonds is 5. The third-order valence-corrected chi connectivity index (χ3v) is 3.84. The van der Waals surface area contributed by atoms with Crippen molar-refractivity contribution in [3.63, 3.8) is 0 Å². The van der Waals surface area contributed by atoms with Gasteiger partial charge in [-0.15, -0.1) is 11.3 Å². The molecule has 1 aromatic carbocycles. The topological polar surface area (TPSA) is 62.3 Å². The van der Waals surface area contributed by atoms with Crippen molar-refractivity contribution in [3.8, 4) is 10.6 Å². The Balaban J connectivity index is 1.94. The maximum Gasteiger partial charge on any atom is 0.270 e. The normalized spacial score (nSPS) is 10.3. The average Bonchev–Trinajstić information content (AvgIpc) is 2.97. The van der Waals surface area contributed by atoms with Crippen LogP contribution >= 0.6 is 11.3 Å². The van der Waals surface area contributed by atoms with Crippen molar-refractivity contribution in [2.24, 2.45) is 0 Å². The number of benzene rings is 1. The molecule has 0 saturated heterocycles. The lowest BCUT2D eigenvalue weighted by molar-refractivity contribution is -0.128. The molecule has 5 nitrogen and oxygen atoms in total. The minimum atomic E-state index is -0.323. The number of halogens is 1. The third kappa shape index (κ3) is 4.11. The maximum absolute atomic E-state index is 12.9. The van der Waals surface area contributed by atoms with Crippen molar-refractivity contribution in [2.75, 3.05) is 20.6 Å². The van der Waals surface area contributed by atoms with Crippen molar-refractivity contribution in [2.45, 2.75) is 6.42 Å². The Morgan fingerprint density at radius 1 is 1.27 bits per heavy atom. The van der Waals surface area contributed by atoms with Crippen molar-refractivity contribution < 1.29 is 14.0 Å². The molecular formula is C15H16FN3O2S. The zero-order valence-corrected chi connectivity index (χ0v) is 13.1. The smallest absolute Gasteiger partial charge is 0.270 e. The molecule has 1 N–H and O–H groups in total. The van der Waals surface area contributed by atoms with Crippen LogP contribution in [0.15, 0.2) is 29.6 Å². The number of hydrogen-bond donors (Lipinski definition) is 1. The number of nitrogens with one attached hydrogen (secondary N) is 1. The van der Waals surface area contributed by atoms with E-state index in [9.17, 15) is 14.0 Å². The van der Waals surface area contributed by atoms with Crippen molar-refractivity contribution >= 4 is 23.2 Å². The molecule has 0 aliphatic carbocycles. The molecule has 0 spiro atoms. The van der Waals surface area contributed by atoms with Gasteiger partial charge in [0, 0.05) is 38.0 Å². The van der Waals surface area contributed by atoms with Gasteiger partial charge in [-0.25, -0.2) is 9.37 Å². The van der Waals surface area contributed by atoms with Gasteiger partial charge in [-0.2, -0.15) is 0 Å². The largest absolute Gasteiger partial charge is 0.350 e. The van der Waals surface area contributed by atoms with Gasteiger partial charge in [0.05, 0.1) is 0 Å². The Morgan fingerprint density at radius 3 is 2.59 bits per heavy atom. The average molecular weight is 321 g/mol. The number of nitrogens with zero attached hydrogens (tertiary/aromatic N) is 2. The molecule has 1 heterocycles. The Bertz CT molecular complexity index is 668. The molecule has 22 heavy (non-hydrogen) atoms. The zero-order chi connectivity index (χ0) is 16.1. The first kappa shape index (κ1) is 16.1. The highest BCUT2D eigenvalue weighted by atomic mass is 32.1. The van der Waals surface area contributed by atoms with Gasteiger partial charge >= 0.3 is 0 Å². The summed E-state index contributed by atoms with van der Waals surface area (Å²) in [7, 11) is 3.33. The highest BCUT2D eigenvalue weighted by Crippen LogP contribution is 2.23. The molecule has 0 saturated carbocycles. The second-order valence-electron chi connectivity index (χ2n) is 4.84. The first-order chi connectivity index (χ1) is 10.5. The fraction of sp³-hybridized carbons (Fsp3) is 0.267. The van der Waals surface area contributed by atoms with Crippen LogP contribution in [-0.4, -0.2) is 42.3 Å². The standard InChI is InChI=1S/C15H16FN3O2S/c1-19(2)13(20)7-8-17-14(21)12-9-22-15(18-12)10-3-5-11(16)6-4-10/h3-6,9H,7-8H2,1-2H3,(H,17,21). The van der Waals surface area contributed by atoms with Crippen LogP contribution in [0.3, 0.4) is 0 Å². The van der Waals surface area contributed by atoms with Gasteiger partial charge in [-0.3, -0.25) is 9.59 Å². The molecule has 0 bridgehead atoms. The lowest BCUT2D eigenvalue weighted by atomic mass is 10.2. The van der Waals surface area contributed by atoms with Crippen molar-refractivity contribution in [1.29, 1.82) is 0 Å². The number of amides is 2. The molecule has 0 fully saturated rings. The van der Waals surface area contributed by atoms with E-state index in [2.05, 4.69) is 10.3 Å². The summed E-state index contributed by atoms with van der Waals surface area (Å²) in [6, 6.07) is 5.93. The van der Waals surface area contributed by atoms with E-state index in [0.29, 0.717) is 10.7 Å². The lowest BCUT2D eigenvalue weighted by Gasteiger charge is -2.09. The van der Waals surface area contributed by atoms with E-state index in [4.69, 9.17) is 0 Å². The van der Waals surface area contributed by atoms with Crippen LogP contribution in [0.4, 0.5) is 4.39 Å². The zero-order valence-electron chi connectivity index (χ0n) is 12.3. The van der Waals surface area contributed by atoms with Crippen LogP contribution in [0.2, 0.25) is 0 Å². The minimum Gasteiger partial charge on any atom is -0.350 e. The Morgan fingerprint density at radius 2 is 1.95 bits per heavy atom. The van der Waals surface area contributed by atoms with E-state index in [-0.39, 0.29) is 30.6 Å². The molecule has 2 aromatic rings. The monoisotopic (exact) mass is 321 g/mol. The molecule has 0 atom stereocenters. The van der Waals surface area contributed by atoms with E-state index >= 15 is 0 Å². The van der Waals surface area contributed by atoms with Crippen LogP contribution in [-0.2, 0) is 4.79 Å². The van der Waals surface area contributed by atoms with Crippen LogP contribution in [0.5, 0.6) is 0 Å². The van der Waals surface area contributed by atoms with Crippen LogP contribution in [0, 0.1) is 5.82 Å². The van der Waals surface area contributed by atoms with Crippen molar-refractivity contribution in [3.05, 3.63) is 41.2 Å². The molecule has 116 valence electrons. The van der Waals surface area contributed by atoms with Gasteiger partial charge in [0.15, 0.2) is 0 Å². The second-order valence-corrected chi connectivity index (χ2v) is 5.70. The highest BCUT2D eigenvalue weighted by Gasteiger charge is 2.12. The predicted octanol–water partition coefficient (Wildman–Crippen LogP) is 2.16. The van der Waals surface area contributed by atoms with E-state index in [0.717, 1.165) is 5.56 Å². The van der Waals surface area contributed by atoms with Gasteiger partial charge in [-0.1, -0.05) is 0 Å². The third-order valence-electron chi connectivity index (χ3n) is 2.95. The molecule has 7 heteroatoms. The van der Waals surface area contributed by atoms with Gasteiger partial charge in [0.25, 0.3) is 5.91 Å². The Kier molecular flexibility index (Phi) is 5.21. The summed E-state index contributed by atoms with van der Waals surface area (Å²) in [5, 5.41) is 4.94. The first-order valence-corrected chi connectivity index (χ1v) is 7.55. The molecule has 1 aromatic heterocycles. The van der Waals surface area contributed by atoms with Gasteiger partial charge in [0.1, 0.15) is 16.5 Å². The predicted molar refractivity (Wildman–Crippen MR) is 83.2 cm³/mol. The summed E-state index contributed by atoms with van der Waals surface area (Å²) < 4.78 is 12.9. The van der Waals surface area contributed by atoms with Crippen LogP contribution < -0.4 is 5.32 Å². The van der Waals surface area contributed by atoms with E-state index in [1.54, 1.807) is 31.6 Å². The Hall–Kier alpha value is -2.28. The summed E-state index contributed by atoms with van der Waals surface area (Å²) in [5.74, 6) is -0.689. The fourth-order valence-corrected chi connectivity index (χ4v) is 2.51. The summed E-state index contributed by atoms with van der Waals surface area (Å²) in [6.07, 6.45) is 0.244. The Labute approximate surface area is 131 Å². The number of hydrogen-bond acceptors (Lipinski definition) is 4. The summed E-state index contributed by atoms with van der Waals surface area (Å²) >= 11 is 1.31. The highest BCUT2D eigenvalue weighted by molar-refractivity contribution is 7.13. The molecular weight excluding hydrogens is 305 g/mol. The van der Waals surface area contributed by atoms with Crippen LogP contribution in [0.1, 0.15) is 16.9 Å². The van der Waals surface area contributed by atoms with E-state index in [1.807, 2.05) is 0 Å². The fourth-order valence-electron chi connectivity index (χ4n) is 1.70. The summed E-state index contributed by atoms with van der Waals surface area (Å²) in [4.78, 5) is 29.1. The first-order valence-electron chi connectivity index (χ1n) is 6.67.